The van der Waals surface area contributed by atoms with E-state index in [9.17, 15) is 5.11 Å². The summed E-state index contributed by atoms with van der Waals surface area (Å²) in [6.07, 6.45) is 4.70. The Morgan fingerprint density at radius 3 is 2.75 bits per heavy atom. The first-order chi connectivity index (χ1) is 5.84. The van der Waals surface area contributed by atoms with Crippen molar-refractivity contribution in [3.05, 3.63) is 24.3 Å². The van der Waals surface area contributed by atoms with Gasteiger partial charge in [0.25, 0.3) is 0 Å². The van der Waals surface area contributed by atoms with Crippen LogP contribution in [-0.4, -0.2) is 28.8 Å². The molecule has 0 aliphatic carbocycles. The van der Waals surface area contributed by atoms with Gasteiger partial charge in [0.2, 0.25) is 0 Å². The summed E-state index contributed by atoms with van der Waals surface area (Å²) in [5, 5.41) is 9.49. The highest BCUT2D eigenvalue weighted by Gasteiger charge is 2.06. The summed E-state index contributed by atoms with van der Waals surface area (Å²) in [5.74, 6) is 0. The Kier molecular flexibility index (Phi) is 3.63. The molecule has 1 rings (SSSR count). The molecule has 1 heterocycles. The molecule has 0 aliphatic heterocycles. The minimum atomic E-state index is -0.522. The van der Waals surface area contributed by atoms with Crippen LogP contribution in [0, 0.1) is 0 Å². The van der Waals surface area contributed by atoms with Gasteiger partial charge in [-0.05, 0) is 0 Å². The average molecular weight is 168 g/mol. The Hall–Kier alpha value is -1.00. The second-order valence-electron chi connectivity index (χ2n) is 2.47. The molecule has 0 bridgehead atoms. The van der Waals surface area contributed by atoms with E-state index in [4.69, 9.17) is 4.74 Å². The maximum atomic E-state index is 9.49. The van der Waals surface area contributed by atoms with Gasteiger partial charge in [0.1, 0.15) is 6.33 Å². The van der Waals surface area contributed by atoms with Gasteiger partial charge in [0, 0.05) is 38.1 Å². The van der Waals surface area contributed by atoms with Crippen LogP contribution in [0.5, 0.6) is 0 Å². The zero-order valence-electron chi connectivity index (χ0n) is 6.97. The van der Waals surface area contributed by atoms with Crippen LogP contribution in [0.15, 0.2) is 18.7 Å². The van der Waals surface area contributed by atoms with E-state index in [1.807, 2.05) is 0 Å². The second kappa shape index (κ2) is 4.79. The van der Waals surface area contributed by atoms with Crippen LogP contribution in [-0.2, 0) is 4.74 Å². The van der Waals surface area contributed by atoms with Gasteiger partial charge in [0.05, 0.1) is 6.10 Å². The molecule has 12 heavy (non-hydrogen) atoms. The number of methoxy groups -OCH3 is 1. The van der Waals surface area contributed by atoms with Crippen LogP contribution in [0.3, 0.4) is 0 Å². The maximum absolute atomic E-state index is 9.49. The molecular formula is C8H12N2O2. The van der Waals surface area contributed by atoms with Crippen molar-refractivity contribution >= 4 is 0 Å². The minimum absolute atomic E-state index is 0.522. The predicted molar refractivity (Wildman–Crippen MR) is 43.5 cm³/mol. The van der Waals surface area contributed by atoms with Gasteiger partial charge in [0.15, 0.2) is 0 Å². The molecule has 0 saturated heterocycles. The highest BCUT2D eigenvalue weighted by Crippen LogP contribution is 2.13. The molecule has 0 aromatic carbocycles. The first-order valence-corrected chi connectivity index (χ1v) is 3.76. The lowest BCUT2D eigenvalue weighted by atomic mass is 10.1. The minimum Gasteiger partial charge on any atom is -0.388 e. The third kappa shape index (κ3) is 2.56. The van der Waals surface area contributed by atoms with Gasteiger partial charge >= 0.3 is 0 Å². The molecule has 0 aliphatic rings. The molecule has 0 spiro atoms. The van der Waals surface area contributed by atoms with Crippen molar-refractivity contribution in [3.8, 4) is 0 Å². The summed E-state index contributed by atoms with van der Waals surface area (Å²) in [6.45, 7) is 0.538. The number of hydrogen-bond acceptors (Lipinski definition) is 4. The summed E-state index contributed by atoms with van der Waals surface area (Å²) in [4.78, 5) is 7.60. The molecule has 0 radical (unpaired) electrons. The van der Waals surface area contributed by atoms with E-state index in [0.29, 0.717) is 13.0 Å². The number of aliphatic hydroxyl groups excluding tert-OH is 1. The number of aliphatic hydroxyl groups is 1. The highest BCUT2D eigenvalue weighted by molar-refractivity contribution is 5.05. The van der Waals surface area contributed by atoms with Crippen LogP contribution >= 0.6 is 0 Å². The number of ether oxygens (including phenoxy) is 1. The average Bonchev–Trinajstić information content (AvgIpc) is 2.15. The van der Waals surface area contributed by atoms with E-state index in [0.717, 1.165) is 5.56 Å². The first-order valence-electron chi connectivity index (χ1n) is 3.76. The molecule has 4 heteroatoms. The summed E-state index contributed by atoms with van der Waals surface area (Å²) in [7, 11) is 1.61. The lowest BCUT2D eigenvalue weighted by Gasteiger charge is -2.08. The summed E-state index contributed by atoms with van der Waals surface area (Å²) >= 11 is 0. The fraction of sp³-hybridized carbons (Fsp3) is 0.500. The molecular weight excluding hydrogens is 156 g/mol. The van der Waals surface area contributed by atoms with Gasteiger partial charge in [-0.2, -0.15) is 0 Å². The van der Waals surface area contributed by atoms with Gasteiger partial charge in [-0.15, -0.1) is 0 Å². The topological polar surface area (TPSA) is 55.2 Å². The Balaban J connectivity index is 2.48. The van der Waals surface area contributed by atoms with Crippen molar-refractivity contribution in [2.24, 2.45) is 0 Å². The number of rotatable bonds is 4. The summed E-state index contributed by atoms with van der Waals surface area (Å²) in [6, 6.07) is 0. The van der Waals surface area contributed by atoms with Gasteiger partial charge in [-0.25, -0.2) is 9.97 Å². The Morgan fingerprint density at radius 2 is 2.17 bits per heavy atom. The number of aromatic nitrogens is 2. The molecule has 0 amide bonds. The van der Waals surface area contributed by atoms with Crippen LogP contribution in [0.2, 0.25) is 0 Å². The van der Waals surface area contributed by atoms with E-state index in [-0.39, 0.29) is 0 Å². The molecule has 1 aromatic heterocycles. The van der Waals surface area contributed by atoms with E-state index in [1.54, 1.807) is 19.5 Å². The third-order valence-corrected chi connectivity index (χ3v) is 1.56. The Labute approximate surface area is 71.2 Å². The van der Waals surface area contributed by atoms with Gasteiger partial charge in [-0.3, -0.25) is 0 Å². The molecule has 0 saturated carbocycles. The monoisotopic (exact) mass is 168 g/mol. The smallest absolute Gasteiger partial charge is 0.115 e. The van der Waals surface area contributed by atoms with Crippen LogP contribution in [0.25, 0.3) is 0 Å². The summed E-state index contributed by atoms with van der Waals surface area (Å²) in [5.41, 5.74) is 0.731. The van der Waals surface area contributed by atoms with Crippen LogP contribution < -0.4 is 0 Å². The molecule has 1 atom stereocenters. The molecule has 1 unspecified atom stereocenters. The predicted octanol–water partition coefficient (Wildman–Crippen LogP) is 0.547. The quantitative estimate of drug-likeness (QED) is 0.713. The third-order valence-electron chi connectivity index (χ3n) is 1.56. The zero-order valence-corrected chi connectivity index (χ0v) is 6.97. The lowest BCUT2D eigenvalue weighted by molar-refractivity contribution is 0.110. The van der Waals surface area contributed by atoms with Crippen molar-refractivity contribution in [2.45, 2.75) is 12.5 Å². The fourth-order valence-corrected chi connectivity index (χ4v) is 0.879. The SMILES string of the molecule is COCCC(O)c1cncnc1. The second-order valence-corrected chi connectivity index (χ2v) is 2.47. The number of hydrogen-bond donors (Lipinski definition) is 1. The van der Waals surface area contributed by atoms with E-state index in [2.05, 4.69) is 9.97 Å². The first kappa shape index (κ1) is 9.09. The Morgan fingerprint density at radius 1 is 1.50 bits per heavy atom. The molecule has 4 nitrogen and oxygen atoms in total. The standard InChI is InChI=1S/C8H12N2O2/c1-12-3-2-8(11)7-4-9-6-10-5-7/h4-6,8,11H,2-3H2,1H3. The van der Waals surface area contributed by atoms with E-state index >= 15 is 0 Å². The fourth-order valence-electron chi connectivity index (χ4n) is 0.879. The molecule has 1 aromatic rings. The maximum Gasteiger partial charge on any atom is 0.115 e. The van der Waals surface area contributed by atoms with E-state index in [1.165, 1.54) is 6.33 Å². The Bertz CT molecular complexity index is 216. The number of nitrogens with zero attached hydrogens (tertiary/aromatic N) is 2. The molecule has 1 N–H and O–H groups in total. The van der Waals surface area contributed by atoms with Crippen molar-refractivity contribution in [1.29, 1.82) is 0 Å². The van der Waals surface area contributed by atoms with Crippen LogP contribution in [0.1, 0.15) is 18.1 Å². The lowest BCUT2D eigenvalue weighted by Crippen LogP contribution is -2.02. The van der Waals surface area contributed by atoms with E-state index < -0.39 is 6.10 Å². The van der Waals surface area contributed by atoms with Crippen molar-refractivity contribution in [3.63, 3.8) is 0 Å². The molecule has 66 valence electrons. The summed E-state index contributed by atoms with van der Waals surface area (Å²) < 4.78 is 4.83. The van der Waals surface area contributed by atoms with Crippen LogP contribution in [0.4, 0.5) is 0 Å². The van der Waals surface area contributed by atoms with Crippen molar-refractivity contribution in [1.82, 2.24) is 9.97 Å². The van der Waals surface area contributed by atoms with Gasteiger partial charge < -0.3 is 9.84 Å². The highest BCUT2D eigenvalue weighted by atomic mass is 16.5. The zero-order chi connectivity index (χ0) is 8.81. The molecule has 0 fully saturated rings. The van der Waals surface area contributed by atoms with Gasteiger partial charge in [-0.1, -0.05) is 0 Å². The van der Waals surface area contributed by atoms with Crippen molar-refractivity contribution in [2.75, 3.05) is 13.7 Å². The largest absolute Gasteiger partial charge is 0.388 e. The van der Waals surface area contributed by atoms with Crippen molar-refractivity contribution < 1.29 is 9.84 Å². The normalized spacial score (nSPS) is 12.8.